The van der Waals surface area contributed by atoms with Gasteiger partial charge in [0.25, 0.3) is 11.2 Å². The summed E-state index contributed by atoms with van der Waals surface area (Å²) in [5.41, 5.74) is 1.39. The predicted octanol–water partition coefficient (Wildman–Crippen LogP) is 2.16. The van der Waals surface area contributed by atoms with Gasteiger partial charge in [0.05, 0.1) is 16.2 Å². The molecule has 0 saturated heterocycles. The van der Waals surface area contributed by atoms with Crippen LogP contribution >= 0.6 is 0 Å². The van der Waals surface area contributed by atoms with E-state index in [4.69, 9.17) is 0 Å². The highest BCUT2D eigenvalue weighted by atomic mass is 16.6. The van der Waals surface area contributed by atoms with Crippen LogP contribution in [0.1, 0.15) is 33.0 Å². The van der Waals surface area contributed by atoms with E-state index >= 15 is 0 Å². The van der Waals surface area contributed by atoms with Crippen molar-refractivity contribution in [1.82, 2.24) is 9.13 Å². The SMILES string of the molecule is Cn1c2c(c(=O)n(C)c1=O)[C@H](c1cccc([N+](=O)[O-])c1)C1=C(N2)c2ccccc2C1=O. The van der Waals surface area contributed by atoms with Crippen molar-refractivity contribution >= 4 is 23.0 Å². The second-order valence-corrected chi connectivity index (χ2v) is 7.54. The van der Waals surface area contributed by atoms with Crippen molar-refractivity contribution in [2.45, 2.75) is 5.92 Å². The first-order chi connectivity index (χ1) is 14.8. The zero-order valence-corrected chi connectivity index (χ0v) is 16.6. The van der Waals surface area contributed by atoms with E-state index in [9.17, 15) is 24.5 Å². The third-order valence-corrected chi connectivity index (χ3v) is 5.89. The molecule has 2 aromatic carbocycles. The number of nitrogens with zero attached hydrogens (tertiary/aromatic N) is 3. The molecule has 0 radical (unpaired) electrons. The molecule has 1 atom stereocenters. The van der Waals surface area contributed by atoms with Crippen LogP contribution in [-0.4, -0.2) is 19.8 Å². The minimum atomic E-state index is -0.864. The summed E-state index contributed by atoms with van der Waals surface area (Å²) < 4.78 is 2.29. The van der Waals surface area contributed by atoms with Gasteiger partial charge in [-0.15, -0.1) is 0 Å². The van der Waals surface area contributed by atoms with E-state index in [1.165, 1.54) is 36.9 Å². The third-order valence-electron chi connectivity index (χ3n) is 5.89. The van der Waals surface area contributed by atoms with E-state index in [1.54, 1.807) is 30.3 Å². The Morgan fingerprint density at radius 2 is 1.68 bits per heavy atom. The molecule has 9 nitrogen and oxygen atoms in total. The minimum absolute atomic E-state index is 0.149. The monoisotopic (exact) mass is 416 g/mol. The number of benzene rings is 2. The number of hydrogen-bond acceptors (Lipinski definition) is 6. The van der Waals surface area contributed by atoms with E-state index in [1.807, 2.05) is 0 Å². The summed E-state index contributed by atoms with van der Waals surface area (Å²) in [6.07, 6.45) is 0. The van der Waals surface area contributed by atoms with Gasteiger partial charge in [0.15, 0.2) is 5.78 Å². The molecule has 1 aliphatic carbocycles. The number of ketones is 1. The Hall–Kier alpha value is -4.27. The van der Waals surface area contributed by atoms with Gasteiger partial charge in [-0.3, -0.25) is 28.8 Å². The Balaban J connectivity index is 1.89. The van der Waals surface area contributed by atoms with Crippen LogP contribution in [-0.2, 0) is 14.1 Å². The number of hydrogen-bond donors (Lipinski definition) is 1. The zero-order chi connectivity index (χ0) is 22.0. The van der Waals surface area contributed by atoms with Crippen LogP contribution in [0.2, 0.25) is 0 Å². The molecule has 1 N–H and O–H groups in total. The van der Waals surface area contributed by atoms with Crippen LogP contribution in [0.4, 0.5) is 11.5 Å². The molecule has 2 aliphatic rings. The third kappa shape index (κ3) is 2.46. The first-order valence-electron chi connectivity index (χ1n) is 9.50. The van der Waals surface area contributed by atoms with E-state index in [0.29, 0.717) is 28.0 Å². The van der Waals surface area contributed by atoms with Gasteiger partial charge in [-0.05, 0) is 5.56 Å². The van der Waals surface area contributed by atoms with Crippen LogP contribution in [0, 0.1) is 10.1 Å². The largest absolute Gasteiger partial charge is 0.340 e. The van der Waals surface area contributed by atoms with Crippen molar-refractivity contribution in [2.75, 3.05) is 5.32 Å². The molecule has 5 rings (SSSR count). The molecule has 2 heterocycles. The van der Waals surface area contributed by atoms with Gasteiger partial charge >= 0.3 is 5.69 Å². The standard InChI is InChI=1S/C22H16N4O5/c1-24-20-17(21(28)25(2)22(24)29)15(11-6-5-7-12(10-11)26(30)31)16-18(23-20)13-8-3-4-9-14(13)19(16)27/h3-10,15,23H,1-2H3/t15-/m1/s1. The maximum atomic E-state index is 13.4. The summed E-state index contributed by atoms with van der Waals surface area (Å²) in [6, 6.07) is 12.9. The Morgan fingerprint density at radius 3 is 2.39 bits per heavy atom. The number of allylic oxidation sites excluding steroid dienone is 1. The van der Waals surface area contributed by atoms with Gasteiger partial charge in [0.2, 0.25) is 0 Å². The second-order valence-electron chi connectivity index (χ2n) is 7.54. The first kappa shape index (κ1) is 18.7. The lowest BCUT2D eigenvalue weighted by molar-refractivity contribution is -0.384. The Bertz CT molecular complexity index is 1480. The van der Waals surface area contributed by atoms with Gasteiger partial charge in [-0.1, -0.05) is 36.4 Å². The summed E-state index contributed by atoms with van der Waals surface area (Å²) in [7, 11) is 2.90. The predicted molar refractivity (Wildman–Crippen MR) is 113 cm³/mol. The molecule has 154 valence electrons. The van der Waals surface area contributed by atoms with Crippen molar-refractivity contribution in [1.29, 1.82) is 0 Å². The molecule has 9 heteroatoms. The molecule has 0 spiro atoms. The average Bonchev–Trinajstić information content (AvgIpc) is 3.07. The van der Waals surface area contributed by atoms with Crippen LogP contribution in [0.5, 0.6) is 0 Å². The van der Waals surface area contributed by atoms with E-state index in [-0.39, 0.29) is 22.9 Å². The second kappa shape index (κ2) is 6.36. The fraction of sp³-hybridized carbons (Fsp3) is 0.136. The number of carbonyl (C=O) groups is 1. The van der Waals surface area contributed by atoms with Gasteiger partial charge in [0, 0.05) is 48.8 Å². The number of nitro groups is 1. The first-order valence-corrected chi connectivity index (χ1v) is 9.50. The molecule has 0 bridgehead atoms. The van der Waals surface area contributed by atoms with Crippen LogP contribution in [0.15, 0.2) is 63.7 Å². The van der Waals surface area contributed by atoms with Gasteiger partial charge in [-0.2, -0.15) is 0 Å². The number of nitro benzene ring substituents is 1. The summed E-state index contributed by atoms with van der Waals surface area (Å²) in [6.45, 7) is 0. The van der Waals surface area contributed by atoms with E-state index < -0.39 is 22.1 Å². The number of fused-ring (bicyclic) bond motifs is 3. The average molecular weight is 416 g/mol. The summed E-state index contributed by atoms with van der Waals surface area (Å²) >= 11 is 0. The number of rotatable bonds is 2. The highest BCUT2D eigenvalue weighted by molar-refractivity contribution is 6.23. The number of nitrogens with one attached hydrogen (secondary N) is 1. The highest BCUT2D eigenvalue weighted by Crippen LogP contribution is 2.48. The number of aromatic nitrogens is 2. The fourth-order valence-electron chi connectivity index (χ4n) is 4.41. The van der Waals surface area contributed by atoms with Crippen LogP contribution in [0.25, 0.3) is 5.70 Å². The number of carbonyl (C=O) groups excluding carboxylic acids is 1. The maximum Gasteiger partial charge on any atom is 0.332 e. The lowest BCUT2D eigenvalue weighted by Crippen LogP contribution is -2.42. The van der Waals surface area contributed by atoms with Crippen LogP contribution < -0.4 is 16.6 Å². The molecule has 0 amide bonds. The molecular formula is C22H16N4O5. The maximum absolute atomic E-state index is 13.4. The molecule has 0 fully saturated rings. The number of Topliss-reactive ketones (excluding diaryl/α,β-unsaturated/α-hetero) is 1. The summed E-state index contributed by atoms with van der Waals surface area (Å²) in [5, 5.41) is 14.5. The van der Waals surface area contributed by atoms with Crippen molar-refractivity contribution in [2.24, 2.45) is 14.1 Å². The molecule has 1 aliphatic heterocycles. The molecular weight excluding hydrogens is 400 g/mol. The Morgan fingerprint density at radius 1 is 0.968 bits per heavy atom. The smallest absolute Gasteiger partial charge is 0.332 e. The molecule has 3 aromatic rings. The lowest BCUT2D eigenvalue weighted by atomic mass is 9.81. The van der Waals surface area contributed by atoms with Crippen molar-refractivity contribution in [3.8, 4) is 0 Å². The number of anilines is 1. The van der Waals surface area contributed by atoms with E-state index in [2.05, 4.69) is 5.32 Å². The topological polar surface area (TPSA) is 116 Å². The normalized spacial score (nSPS) is 16.5. The van der Waals surface area contributed by atoms with Crippen molar-refractivity contribution < 1.29 is 9.72 Å². The van der Waals surface area contributed by atoms with Gasteiger partial charge in [-0.25, -0.2) is 4.79 Å². The van der Waals surface area contributed by atoms with Gasteiger partial charge in [0.1, 0.15) is 5.82 Å². The minimum Gasteiger partial charge on any atom is -0.340 e. The highest BCUT2D eigenvalue weighted by Gasteiger charge is 2.42. The Labute approximate surface area is 175 Å². The molecule has 0 saturated carbocycles. The molecule has 1 aromatic heterocycles. The fourth-order valence-corrected chi connectivity index (χ4v) is 4.41. The molecule has 31 heavy (non-hydrogen) atoms. The Kier molecular flexibility index (Phi) is 3.85. The van der Waals surface area contributed by atoms with Crippen LogP contribution in [0.3, 0.4) is 0 Å². The van der Waals surface area contributed by atoms with E-state index in [0.717, 1.165) is 4.57 Å². The zero-order valence-electron chi connectivity index (χ0n) is 16.6. The summed E-state index contributed by atoms with van der Waals surface area (Å²) in [4.78, 5) is 50.0. The lowest BCUT2D eigenvalue weighted by Gasteiger charge is -2.29. The summed E-state index contributed by atoms with van der Waals surface area (Å²) in [5.74, 6) is -0.847. The van der Waals surface area contributed by atoms with Crippen molar-refractivity contribution in [3.05, 3.63) is 107 Å². The number of non-ortho nitro benzene ring substituents is 1. The molecule has 0 unspecified atom stereocenters. The van der Waals surface area contributed by atoms with Gasteiger partial charge < -0.3 is 5.32 Å². The quantitative estimate of drug-likeness (QED) is 0.506. The van der Waals surface area contributed by atoms with Crippen molar-refractivity contribution in [3.63, 3.8) is 0 Å².